The van der Waals surface area contributed by atoms with E-state index in [0.717, 1.165) is 6.42 Å². The summed E-state index contributed by atoms with van der Waals surface area (Å²) in [5, 5.41) is 27.4. The van der Waals surface area contributed by atoms with Crippen molar-refractivity contribution in [3.05, 3.63) is 29.2 Å². The second kappa shape index (κ2) is 6.07. The van der Waals surface area contributed by atoms with E-state index >= 15 is 0 Å². The van der Waals surface area contributed by atoms with Crippen molar-refractivity contribution in [3.63, 3.8) is 0 Å². The van der Waals surface area contributed by atoms with Crippen molar-refractivity contribution in [3.8, 4) is 5.75 Å². The first-order valence-corrected chi connectivity index (χ1v) is 5.19. The highest BCUT2D eigenvalue weighted by Gasteiger charge is 2.10. The Morgan fingerprint density at radius 2 is 2.38 bits per heavy atom. The van der Waals surface area contributed by atoms with Crippen LogP contribution in [0.4, 0.5) is 0 Å². The Hall–Kier alpha value is -1.62. The molecule has 1 aromatic rings. The monoisotopic (exact) mass is 224 g/mol. The van der Waals surface area contributed by atoms with Gasteiger partial charge >= 0.3 is 0 Å². The lowest BCUT2D eigenvalue weighted by molar-refractivity contribution is -0.613. The third-order valence-corrected chi connectivity index (χ3v) is 2.02. The minimum Gasteiger partial charge on any atom is -0.618 e. The van der Waals surface area contributed by atoms with Gasteiger partial charge in [-0.15, -0.1) is 0 Å². The Morgan fingerprint density at radius 3 is 3.00 bits per heavy atom. The Labute approximate surface area is 94.4 Å². The standard InChI is InChI=1S/C11H16N2O3/c1-2-5-16-11-3-4-13(15)10(7-11)6-9(12)8-14/h3-4,7,12,14H,2,5-6,8H2,1H3. The number of nitrogens with one attached hydrogen (secondary N) is 1. The van der Waals surface area contributed by atoms with Crippen molar-refractivity contribution < 1.29 is 14.6 Å². The summed E-state index contributed by atoms with van der Waals surface area (Å²) < 4.78 is 6.06. The summed E-state index contributed by atoms with van der Waals surface area (Å²) in [6.45, 7) is 2.26. The third kappa shape index (κ3) is 3.51. The summed E-state index contributed by atoms with van der Waals surface area (Å²) >= 11 is 0. The van der Waals surface area contributed by atoms with E-state index in [1.165, 1.54) is 6.20 Å². The zero-order valence-electron chi connectivity index (χ0n) is 9.27. The zero-order valence-corrected chi connectivity index (χ0v) is 9.27. The molecule has 0 atom stereocenters. The molecule has 5 heteroatoms. The Balaban J connectivity index is 2.77. The van der Waals surface area contributed by atoms with Crippen molar-refractivity contribution in [1.82, 2.24) is 0 Å². The Morgan fingerprint density at radius 1 is 1.62 bits per heavy atom. The van der Waals surface area contributed by atoms with Crippen molar-refractivity contribution >= 4 is 5.71 Å². The van der Waals surface area contributed by atoms with Crippen molar-refractivity contribution in [2.24, 2.45) is 0 Å². The van der Waals surface area contributed by atoms with Crippen LogP contribution in [0.5, 0.6) is 5.75 Å². The summed E-state index contributed by atoms with van der Waals surface area (Å²) in [7, 11) is 0. The summed E-state index contributed by atoms with van der Waals surface area (Å²) in [5.41, 5.74) is 0.518. The molecule has 1 rings (SSSR count). The molecular formula is C11H16N2O3. The van der Waals surface area contributed by atoms with Gasteiger partial charge in [0.2, 0.25) is 5.69 Å². The molecule has 1 aromatic heterocycles. The van der Waals surface area contributed by atoms with Crippen molar-refractivity contribution in [2.45, 2.75) is 19.8 Å². The smallest absolute Gasteiger partial charge is 0.202 e. The van der Waals surface area contributed by atoms with Crippen LogP contribution in [0.1, 0.15) is 19.0 Å². The maximum atomic E-state index is 11.4. The molecule has 0 aliphatic heterocycles. The minimum absolute atomic E-state index is 0.109. The van der Waals surface area contributed by atoms with E-state index in [1.807, 2.05) is 6.92 Å². The summed E-state index contributed by atoms with van der Waals surface area (Å²) in [6.07, 6.45) is 2.39. The SMILES string of the molecule is CCCOc1cc[n+]([O-])c(CC(=N)CO)c1. The quantitative estimate of drug-likeness (QED) is 0.423. The second-order valence-corrected chi connectivity index (χ2v) is 3.47. The van der Waals surface area contributed by atoms with E-state index in [2.05, 4.69) is 0 Å². The number of pyridine rings is 1. The Kier molecular flexibility index (Phi) is 4.72. The molecule has 1 heterocycles. The fourth-order valence-corrected chi connectivity index (χ4v) is 1.23. The van der Waals surface area contributed by atoms with Gasteiger partial charge in [0.15, 0.2) is 6.20 Å². The van der Waals surface area contributed by atoms with Crippen LogP contribution in [0.25, 0.3) is 0 Å². The molecule has 0 fully saturated rings. The minimum atomic E-state index is -0.333. The summed E-state index contributed by atoms with van der Waals surface area (Å²) in [4.78, 5) is 0. The van der Waals surface area contributed by atoms with Gasteiger partial charge in [-0.25, -0.2) is 0 Å². The number of aliphatic hydroxyl groups excluding tert-OH is 1. The third-order valence-electron chi connectivity index (χ3n) is 2.02. The fourth-order valence-electron chi connectivity index (χ4n) is 1.23. The fraction of sp³-hybridized carbons (Fsp3) is 0.455. The number of rotatable bonds is 6. The lowest BCUT2D eigenvalue weighted by Gasteiger charge is -2.08. The molecule has 0 unspecified atom stereocenters. The predicted octanol–water partition coefficient (Wildman–Crippen LogP) is 0.663. The first kappa shape index (κ1) is 12.4. The maximum absolute atomic E-state index is 11.4. The summed E-state index contributed by atoms with van der Waals surface area (Å²) in [6, 6.07) is 3.20. The molecule has 0 aromatic carbocycles. The van der Waals surface area contributed by atoms with Gasteiger partial charge in [-0.1, -0.05) is 6.92 Å². The highest BCUT2D eigenvalue weighted by molar-refractivity contribution is 5.83. The average Bonchev–Trinajstić information content (AvgIpc) is 2.30. The van der Waals surface area contributed by atoms with Gasteiger partial charge in [0.25, 0.3) is 0 Å². The molecule has 0 saturated carbocycles. The molecular weight excluding hydrogens is 208 g/mol. The maximum Gasteiger partial charge on any atom is 0.202 e. The van der Waals surface area contributed by atoms with Gasteiger partial charge < -0.3 is 20.5 Å². The lowest BCUT2D eigenvalue weighted by atomic mass is 10.2. The topological polar surface area (TPSA) is 80.2 Å². The predicted molar refractivity (Wildman–Crippen MR) is 59.7 cm³/mol. The normalized spacial score (nSPS) is 10.1. The Bertz CT molecular complexity index is 366. The number of hydrogen-bond acceptors (Lipinski definition) is 4. The van der Waals surface area contributed by atoms with Crippen molar-refractivity contribution in [1.29, 1.82) is 5.41 Å². The lowest BCUT2D eigenvalue weighted by Crippen LogP contribution is -2.32. The van der Waals surface area contributed by atoms with E-state index in [9.17, 15) is 5.21 Å². The molecule has 0 saturated heterocycles. The number of hydrogen-bond donors (Lipinski definition) is 2. The molecule has 2 N–H and O–H groups in total. The van der Waals surface area contributed by atoms with Crippen LogP contribution in [0.3, 0.4) is 0 Å². The second-order valence-electron chi connectivity index (χ2n) is 3.47. The van der Waals surface area contributed by atoms with E-state index in [0.29, 0.717) is 22.8 Å². The number of aromatic nitrogens is 1. The van der Waals surface area contributed by atoms with Gasteiger partial charge in [-0.05, 0) is 6.42 Å². The van der Waals surface area contributed by atoms with Gasteiger partial charge in [0.05, 0.1) is 19.6 Å². The molecule has 0 amide bonds. The molecule has 0 aliphatic carbocycles. The molecule has 88 valence electrons. The molecule has 16 heavy (non-hydrogen) atoms. The van der Waals surface area contributed by atoms with Crippen LogP contribution >= 0.6 is 0 Å². The highest BCUT2D eigenvalue weighted by atomic mass is 16.5. The number of ether oxygens (including phenoxy) is 1. The van der Waals surface area contributed by atoms with Gasteiger partial charge in [-0.2, -0.15) is 4.73 Å². The molecule has 0 aliphatic rings. The highest BCUT2D eigenvalue weighted by Crippen LogP contribution is 2.10. The van der Waals surface area contributed by atoms with E-state index in [-0.39, 0.29) is 18.7 Å². The first-order chi connectivity index (χ1) is 7.67. The number of nitrogens with zero attached hydrogens (tertiary/aromatic N) is 1. The van der Waals surface area contributed by atoms with Crippen LogP contribution in [0.2, 0.25) is 0 Å². The van der Waals surface area contributed by atoms with Crippen LogP contribution in [-0.2, 0) is 6.42 Å². The van der Waals surface area contributed by atoms with Crippen LogP contribution in [0, 0.1) is 10.6 Å². The largest absolute Gasteiger partial charge is 0.618 e. The first-order valence-electron chi connectivity index (χ1n) is 5.19. The summed E-state index contributed by atoms with van der Waals surface area (Å²) in [5.74, 6) is 0.620. The zero-order chi connectivity index (χ0) is 12.0. The van der Waals surface area contributed by atoms with Gasteiger partial charge in [0, 0.05) is 17.8 Å². The van der Waals surface area contributed by atoms with Gasteiger partial charge in [-0.3, -0.25) is 0 Å². The molecule has 5 nitrogen and oxygen atoms in total. The van der Waals surface area contributed by atoms with Crippen LogP contribution in [-0.4, -0.2) is 24.0 Å². The van der Waals surface area contributed by atoms with Crippen LogP contribution < -0.4 is 9.47 Å². The van der Waals surface area contributed by atoms with Gasteiger partial charge in [0.1, 0.15) is 5.75 Å². The average molecular weight is 224 g/mol. The van der Waals surface area contributed by atoms with Crippen LogP contribution in [0.15, 0.2) is 18.3 Å². The van der Waals surface area contributed by atoms with E-state index < -0.39 is 0 Å². The number of aliphatic hydroxyl groups is 1. The van der Waals surface area contributed by atoms with E-state index in [1.54, 1.807) is 12.1 Å². The van der Waals surface area contributed by atoms with Crippen molar-refractivity contribution in [2.75, 3.05) is 13.2 Å². The molecule has 0 spiro atoms. The molecule has 0 radical (unpaired) electrons. The molecule has 0 bridgehead atoms. The van der Waals surface area contributed by atoms with E-state index in [4.69, 9.17) is 15.3 Å².